The molecule has 0 aliphatic heterocycles. The molecule has 0 bridgehead atoms. The zero-order valence-corrected chi connectivity index (χ0v) is 12.7. The summed E-state index contributed by atoms with van der Waals surface area (Å²) in [5.41, 5.74) is 1.89. The third-order valence-electron chi connectivity index (χ3n) is 2.94. The van der Waals surface area contributed by atoms with Crippen LogP contribution in [0.15, 0.2) is 24.3 Å². The largest absolute Gasteiger partial charge is 0.497 e. The second kappa shape index (κ2) is 6.52. The average Bonchev–Trinajstić information content (AvgIpc) is 2.46. The van der Waals surface area contributed by atoms with Gasteiger partial charge in [0.05, 0.1) is 14.2 Å². The van der Waals surface area contributed by atoms with Crippen molar-refractivity contribution in [2.45, 2.75) is 19.8 Å². The van der Waals surface area contributed by atoms with Gasteiger partial charge in [0.2, 0.25) is 0 Å². The molecule has 0 saturated carbocycles. The first-order valence-corrected chi connectivity index (χ1v) is 6.90. The molecule has 0 atom stereocenters. The van der Waals surface area contributed by atoms with Crippen molar-refractivity contribution in [2.24, 2.45) is 0 Å². The van der Waals surface area contributed by atoms with Gasteiger partial charge in [-0.2, -0.15) is 0 Å². The lowest BCUT2D eigenvalue weighted by atomic mass is 10.1. The van der Waals surface area contributed by atoms with Gasteiger partial charge in [0, 0.05) is 23.7 Å². The molecule has 0 saturated heterocycles. The summed E-state index contributed by atoms with van der Waals surface area (Å²) in [6.07, 6.45) is 1.89. The molecule has 0 aliphatic rings. The van der Waals surface area contributed by atoms with Crippen molar-refractivity contribution >= 4 is 12.2 Å². The second-order valence-electron chi connectivity index (χ2n) is 4.43. The molecule has 4 nitrogen and oxygen atoms in total. The first-order valence-electron chi connectivity index (χ1n) is 6.50. The van der Waals surface area contributed by atoms with E-state index in [0.29, 0.717) is 4.64 Å². The van der Waals surface area contributed by atoms with Gasteiger partial charge < -0.3 is 14.5 Å². The van der Waals surface area contributed by atoms with Gasteiger partial charge in [-0.15, -0.1) is 0 Å². The van der Waals surface area contributed by atoms with Crippen LogP contribution in [-0.4, -0.2) is 24.2 Å². The fourth-order valence-electron chi connectivity index (χ4n) is 1.98. The minimum absolute atomic E-state index is 0.587. The van der Waals surface area contributed by atoms with Crippen molar-refractivity contribution in [2.75, 3.05) is 14.2 Å². The molecule has 20 heavy (non-hydrogen) atoms. The van der Waals surface area contributed by atoms with Crippen LogP contribution < -0.4 is 9.47 Å². The van der Waals surface area contributed by atoms with Crippen LogP contribution in [0.25, 0.3) is 11.3 Å². The van der Waals surface area contributed by atoms with E-state index in [0.717, 1.165) is 41.4 Å². The molecule has 1 heterocycles. The van der Waals surface area contributed by atoms with E-state index in [2.05, 4.69) is 16.9 Å². The van der Waals surface area contributed by atoms with E-state index in [1.165, 1.54) is 0 Å². The first kappa shape index (κ1) is 14.5. The van der Waals surface area contributed by atoms with Gasteiger partial charge in [0.15, 0.2) is 0 Å². The number of aryl methyl sites for hydroxylation is 1. The zero-order valence-electron chi connectivity index (χ0n) is 11.9. The minimum atomic E-state index is 0.587. The summed E-state index contributed by atoms with van der Waals surface area (Å²) in [5, 5.41) is 0. The highest BCUT2D eigenvalue weighted by atomic mass is 32.1. The maximum Gasteiger partial charge on any atom is 0.130 e. The molecule has 106 valence electrons. The molecule has 5 heteroatoms. The van der Waals surface area contributed by atoms with E-state index in [-0.39, 0.29) is 0 Å². The normalized spacial score (nSPS) is 10.3. The SMILES string of the molecule is CCCc1nc(=S)cc(-c2cc(OC)cc(OC)c2)[nH]1. The van der Waals surface area contributed by atoms with E-state index in [1.54, 1.807) is 14.2 Å². The highest BCUT2D eigenvalue weighted by molar-refractivity contribution is 7.71. The van der Waals surface area contributed by atoms with Crippen LogP contribution >= 0.6 is 12.2 Å². The monoisotopic (exact) mass is 290 g/mol. The van der Waals surface area contributed by atoms with Gasteiger partial charge in [0.1, 0.15) is 22.0 Å². The Morgan fingerprint density at radius 2 is 1.75 bits per heavy atom. The molecule has 0 fully saturated rings. The van der Waals surface area contributed by atoms with Crippen molar-refractivity contribution in [3.8, 4) is 22.8 Å². The van der Waals surface area contributed by atoms with Crippen molar-refractivity contribution in [3.63, 3.8) is 0 Å². The highest BCUT2D eigenvalue weighted by Crippen LogP contribution is 2.28. The van der Waals surface area contributed by atoms with Crippen LogP contribution in [0, 0.1) is 4.64 Å². The van der Waals surface area contributed by atoms with Crippen LogP contribution in [0.4, 0.5) is 0 Å². The summed E-state index contributed by atoms with van der Waals surface area (Å²) in [4.78, 5) is 7.65. The Morgan fingerprint density at radius 3 is 2.30 bits per heavy atom. The quantitative estimate of drug-likeness (QED) is 0.851. The van der Waals surface area contributed by atoms with Crippen molar-refractivity contribution in [3.05, 3.63) is 34.7 Å². The first-order chi connectivity index (χ1) is 9.66. The Labute approximate surface area is 123 Å². The number of H-pyrrole nitrogens is 1. The number of nitrogens with zero attached hydrogens (tertiary/aromatic N) is 1. The number of rotatable bonds is 5. The summed E-state index contributed by atoms with van der Waals surface area (Å²) in [6, 6.07) is 7.58. The number of benzene rings is 1. The van der Waals surface area contributed by atoms with Crippen molar-refractivity contribution in [1.82, 2.24) is 9.97 Å². The summed E-state index contributed by atoms with van der Waals surface area (Å²) in [6.45, 7) is 2.11. The lowest BCUT2D eigenvalue weighted by molar-refractivity contribution is 0.394. The minimum Gasteiger partial charge on any atom is -0.497 e. The summed E-state index contributed by atoms with van der Waals surface area (Å²) in [5.74, 6) is 2.39. The number of aromatic nitrogens is 2. The number of hydrogen-bond acceptors (Lipinski definition) is 4. The van der Waals surface area contributed by atoms with E-state index >= 15 is 0 Å². The lowest BCUT2D eigenvalue weighted by Crippen LogP contribution is -1.97. The van der Waals surface area contributed by atoms with Crippen molar-refractivity contribution in [1.29, 1.82) is 0 Å². The Kier molecular flexibility index (Phi) is 4.74. The van der Waals surface area contributed by atoms with Gasteiger partial charge in [-0.25, -0.2) is 4.98 Å². The van der Waals surface area contributed by atoms with Crippen LogP contribution in [0.2, 0.25) is 0 Å². The van der Waals surface area contributed by atoms with Crippen LogP contribution in [0.3, 0.4) is 0 Å². The number of aromatic amines is 1. The molecule has 2 aromatic rings. The molecule has 2 rings (SSSR count). The summed E-state index contributed by atoms with van der Waals surface area (Å²) in [7, 11) is 3.27. The maximum atomic E-state index is 5.29. The molecule has 0 aliphatic carbocycles. The fourth-order valence-corrected chi connectivity index (χ4v) is 2.21. The molecular weight excluding hydrogens is 272 g/mol. The Hall–Kier alpha value is -1.88. The molecular formula is C15H18N2O2S. The molecule has 1 N–H and O–H groups in total. The molecule has 1 aromatic carbocycles. The molecule has 1 aromatic heterocycles. The maximum absolute atomic E-state index is 5.29. The predicted molar refractivity (Wildman–Crippen MR) is 82.0 cm³/mol. The standard InChI is InChI=1S/C15H18N2O2S/c1-4-5-14-16-13(9-15(20)17-14)10-6-11(18-2)8-12(7-10)19-3/h6-9H,4-5H2,1-3H3,(H,16,17,20). The predicted octanol–water partition coefficient (Wildman–Crippen LogP) is 3.78. The Morgan fingerprint density at radius 1 is 1.10 bits per heavy atom. The van der Waals surface area contributed by atoms with Gasteiger partial charge in [-0.3, -0.25) is 0 Å². The van der Waals surface area contributed by atoms with E-state index in [9.17, 15) is 0 Å². The molecule has 0 spiro atoms. The van der Waals surface area contributed by atoms with Crippen LogP contribution in [0.5, 0.6) is 11.5 Å². The lowest BCUT2D eigenvalue weighted by Gasteiger charge is -2.10. The number of ether oxygens (including phenoxy) is 2. The van der Waals surface area contributed by atoms with E-state index in [1.807, 2.05) is 24.3 Å². The third-order valence-corrected chi connectivity index (χ3v) is 3.15. The molecule has 0 unspecified atom stereocenters. The van der Waals surface area contributed by atoms with Gasteiger partial charge >= 0.3 is 0 Å². The topological polar surface area (TPSA) is 47.1 Å². The van der Waals surface area contributed by atoms with E-state index in [4.69, 9.17) is 21.7 Å². The Bertz CT molecular complexity index is 630. The molecule has 0 radical (unpaired) electrons. The smallest absolute Gasteiger partial charge is 0.130 e. The van der Waals surface area contributed by atoms with Gasteiger partial charge in [-0.05, 0) is 24.6 Å². The zero-order chi connectivity index (χ0) is 14.5. The average molecular weight is 290 g/mol. The number of nitrogens with one attached hydrogen (secondary N) is 1. The van der Waals surface area contributed by atoms with Crippen LogP contribution in [-0.2, 0) is 6.42 Å². The van der Waals surface area contributed by atoms with Gasteiger partial charge in [-0.1, -0.05) is 19.1 Å². The third kappa shape index (κ3) is 3.36. The van der Waals surface area contributed by atoms with Crippen molar-refractivity contribution < 1.29 is 9.47 Å². The second-order valence-corrected chi connectivity index (χ2v) is 4.85. The van der Waals surface area contributed by atoms with Crippen LogP contribution in [0.1, 0.15) is 19.2 Å². The number of methoxy groups -OCH3 is 2. The highest BCUT2D eigenvalue weighted by Gasteiger charge is 2.06. The Balaban J connectivity index is 2.52. The summed E-state index contributed by atoms with van der Waals surface area (Å²) < 4.78 is 11.2. The van der Waals surface area contributed by atoms with E-state index < -0.39 is 0 Å². The summed E-state index contributed by atoms with van der Waals surface area (Å²) >= 11 is 5.23. The fraction of sp³-hybridized carbons (Fsp3) is 0.333. The van der Waals surface area contributed by atoms with Gasteiger partial charge in [0.25, 0.3) is 0 Å². The molecule has 0 amide bonds. The number of hydrogen-bond donors (Lipinski definition) is 1.